The second-order valence-electron chi connectivity index (χ2n) is 5.95. The number of pyridine rings is 1. The highest BCUT2D eigenvalue weighted by Gasteiger charge is 2.19. The lowest BCUT2D eigenvalue weighted by atomic mass is 9.95. The summed E-state index contributed by atoms with van der Waals surface area (Å²) in [5.74, 6) is 1.38. The van der Waals surface area contributed by atoms with E-state index in [0.717, 1.165) is 38.1 Å². The second kappa shape index (κ2) is 7.59. The van der Waals surface area contributed by atoms with E-state index in [1.54, 1.807) is 25.8 Å². The van der Waals surface area contributed by atoms with E-state index in [1.807, 2.05) is 42.5 Å². The molecule has 4 rings (SSSR count). The van der Waals surface area contributed by atoms with Crippen molar-refractivity contribution in [3.05, 3.63) is 82.7 Å². The Morgan fingerprint density at radius 1 is 0.926 bits per heavy atom. The zero-order chi connectivity index (χ0) is 18.8. The van der Waals surface area contributed by atoms with Crippen LogP contribution in [0.2, 0.25) is 5.02 Å². The minimum Gasteiger partial charge on any atom is -0.495 e. The van der Waals surface area contributed by atoms with Gasteiger partial charge in [-0.3, -0.25) is 4.98 Å². The van der Waals surface area contributed by atoms with Gasteiger partial charge in [-0.25, -0.2) is 0 Å². The lowest BCUT2D eigenvalue weighted by Gasteiger charge is -2.09. The van der Waals surface area contributed by atoms with Crippen molar-refractivity contribution in [3.8, 4) is 39.3 Å². The van der Waals surface area contributed by atoms with Crippen LogP contribution in [0.4, 0.5) is 0 Å². The van der Waals surface area contributed by atoms with Gasteiger partial charge in [0.05, 0.1) is 18.4 Å². The van der Waals surface area contributed by atoms with Crippen LogP contribution in [0.15, 0.2) is 82.1 Å². The SMILES string of the molecule is COc1ccc(-c2occ(-c3ccc(Br)cc3)c2-c2ccncc2)cc1Cl. The van der Waals surface area contributed by atoms with Gasteiger partial charge in [-0.05, 0) is 53.6 Å². The molecule has 0 aliphatic rings. The van der Waals surface area contributed by atoms with Crippen LogP contribution in [-0.4, -0.2) is 12.1 Å². The largest absolute Gasteiger partial charge is 0.495 e. The van der Waals surface area contributed by atoms with E-state index in [2.05, 4.69) is 33.0 Å². The van der Waals surface area contributed by atoms with Gasteiger partial charge in [0.1, 0.15) is 11.5 Å². The smallest absolute Gasteiger partial charge is 0.142 e. The number of benzene rings is 2. The van der Waals surface area contributed by atoms with Crippen molar-refractivity contribution in [1.29, 1.82) is 0 Å². The summed E-state index contributed by atoms with van der Waals surface area (Å²) in [4.78, 5) is 4.13. The molecule has 2 aromatic carbocycles. The third-order valence-electron chi connectivity index (χ3n) is 4.33. The van der Waals surface area contributed by atoms with Gasteiger partial charge >= 0.3 is 0 Å². The van der Waals surface area contributed by atoms with Crippen LogP contribution >= 0.6 is 27.5 Å². The van der Waals surface area contributed by atoms with Crippen molar-refractivity contribution in [2.45, 2.75) is 0 Å². The topological polar surface area (TPSA) is 35.3 Å². The third-order valence-corrected chi connectivity index (χ3v) is 5.15. The number of rotatable bonds is 4. The summed E-state index contributed by atoms with van der Waals surface area (Å²) in [5, 5.41) is 0.539. The number of nitrogens with zero attached hydrogens (tertiary/aromatic N) is 1. The molecule has 0 atom stereocenters. The van der Waals surface area contributed by atoms with Crippen molar-refractivity contribution >= 4 is 27.5 Å². The molecule has 0 radical (unpaired) electrons. The van der Waals surface area contributed by atoms with Crippen LogP contribution in [-0.2, 0) is 0 Å². The molecule has 0 unspecified atom stereocenters. The highest BCUT2D eigenvalue weighted by Crippen LogP contribution is 2.43. The number of halogens is 2. The molecule has 0 N–H and O–H groups in total. The number of hydrogen-bond donors (Lipinski definition) is 0. The number of ether oxygens (including phenoxy) is 1. The molecule has 2 aromatic heterocycles. The minimum atomic E-state index is 0.539. The van der Waals surface area contributed by atoms with Crippen molar-refractivity contribution in [1.82, 2.24) is 4.98 Å². The van der Waals surface area contributed by atoms with Crippen LogP contribution in [0.5, 0.6) is 5.75 Å². The standard InChI is InChI=1S/C22H15BrClNO2/c1-26-20-7-4-16(12-19(20)24)22-21(15-8-10-25-11-9-15)18(13-27-22)14-2-5-17(23)6-3-14/h2-13H,1H3. The molecule has 0 fully saturated rings. The van der Waals surface area contributed by atoms with Gasteiger partial charge in [0.25, 0.3) is 0 Å². The maximum Gasteiger partial charge on any atom is 0.142 e. The first-order chi connectivity index (χ1) is 13.2. The number of hydrogen-bond acceptors (Lipinski definition) is 3. The molecule has 0 spiro atoms. The molecule has 0 amide bonds. The Hall–Kier alpha value is -2.56. The van der Waals surface area contributed by atoms with E-state index in [1.165, 1.54) is 0 Å². The molecule has 4 aromatic rings. The van der Waals surface area contributed by atoms with Crippen LogP contribution in [0.1, 0.15) is 0 Å². The van der Waals surface area contributed by atoms with Crippen molar-refractivity contribution in [2.75, 3.05) is 7.11 Å². The molecule has 0 saturated carbocycles. The van der Waals surface area contributed by atoms with E-state index >= 15 is 0 Å². The molecule has 3 nitrogen and oxygen atoms in total. The van der Waals surface area contributed by atoms with Gasteiger partial charge in [-0.15, -0.1) is 0 Å². The Morgan fingerprint density at radius 3 is 2.30 bits per heavy atom. The maximum atomic E-state index is 6.34. The molecule has 27 heavy (non-hydrogen) atoms. The zero-order valence-electron chi connectivity index (χ0n) is 14.4. The highest BCUT2D eigenvalue weighted by molar-refractivity contribution is 9.10. The van der Waals surface area contributed by atoms with E-state index < -0.39 is 0 Å². The van der Waals surface area contributed by atoms with Gasteiger partial charge in [0.15, 0.2) is 0 Å². The molecule has 0 bridgehead atoms. The fourth-order valence-electron chi connectivity index (χ4n) is 3.03. The fraction of sp³-hybridized carbons (Fsp3) is 0.0455. The van der Waals surface area contributed by atoms with Crippen molar-refractivity contribution in [2.24, 2.45) is 0 Å². The third kappa shape index (κ3) is 3.51. The molecule has 134 valence electrons. The summed E-state index contributed by atoms with van der Waals surface area (Å²) in [6, 6.07) is 17.7. The summed E-state index contributed by atoms with van der Waals surface area (Å²) in [7, 11) is 1.60. The van der Waals surface area contributed by atoms with Gasteiger partial charge in [0, 0.05) is 33.6 Å². The van der Waals surface area contributed by atoms with E-state index in [9.17, 15) is 0 Å². The van der Waals surface area contributed by atoms with Gasteiger partial charge < -0.3 is 9.15 Å². The maximum absolute atomic E-state index is 6.34. The first-order valence-electron chi connectivity index (χ1n) is 8.29. The highest BCUT2D eigenvalue weighted by atomic mass is 79.9. The average molecular weight is 441 g/mol. The average Bonchev–Trinajstić information content (AvgIpc) is 3.14. The Bertz CT molecular complexity index is 1080. The number of aromatic nitrogens is 1. The van der Waals surface area contributed by atoms with Crippen LogP contribution in [0.3, 0.4) is 0 Å². The summed E-state index contributed by atoms with van der Waals surface area (Å²) >= 11 is 9.82. The van der Waals surface area contributed by atoms with Crippen LogP contribution < -0.4 is 4.74 Å². The molecule has 2 heterocycles. The quantitative estimate of drug-likeness (QED) is 0.339. The summed E-state index contributed by atoms with van der Waals surface area (Å²) in [6.45, 7) is 0. The van der Waals surface area contributed by atoms with Crippen molar-refractivity contribution < 1.29 is 9.15 Å². The summed E-state index contributed by atoms with van der Waals surface area (Å²) < 4.78 is 12.3. The molecule has 0 aliphatic heterocycles. The van der Waals surface area contributed by atoms with E-state index in [-0.39, 0.29) is 0 Å². The number of furan rings is 1. The lowest BCUT2D eigenvalue weighted by Crippen LogP contribution is -1.87. The van der Waals surface area contributed by atoms with Crippen molar-refractivity contribution in [3.63, 3.8) is 0 Å². The Kier molecular flexibility index (Phi) is 5.01. The monoisotopic (exact) mass is 439 g/mol. The first kappa shape index (κ1) is 17.8. The molecular formula is C22H15BrClNO2. The lowest BCUT2D eigenvalue weighted by molar-refractivity contribution is 0.415. The molecule has 0 saturated heterocycles. The fourth-order valence-corrected chi connectivity index (χ4v) is 3.55. The zero-order valence-corrected chi connectivity index (χ0v) is 16.8. The van der Waals surface area contributed by atoms with Crippen LogP contribution in [0.25, 0.3) is 33.6 Å². The first-order valence-corrected chi connectivity index (χ1v) is 9.46. The Morgan fingerprint density at radius 2 is 1.63 bits per heavy atom. The van der Waals surface area contributed by atoms with Gasteiger partial charge in [0.2, 0.25) is 0 Å². The Balaban J connectivity index is 1.92. The number of methoxy groups -OCH3 is 1. The van der Waals surface area contributed by atoms with Gasteiger partial charge in [-0.2, -0.15) is 0 Å². The second-order valence-corrected chi connectivity index (χ2v) is 7.27. The van der Waals surface area contributed by atoms with Crippen LogP contribution in [0, 0.1) is 0 Å². The predicted octanol–water partition coefficient (Wildman–Crippen LogP) is 7.10. The molecular weight excluding hydrogens is 426 g/mol. The molecule has 0 aliphatic carbocycles. The summed E-state index contributed by atoms with van der Waals surface area (Å²) in [6.07, 6.45) is 5.34. The summed E-state index contributed by atoms with van der Waals surface area (Å²) in [5.41, 5.74) is 4.99. The predicted molar refractivity (Wildman–Crippen MR) is 112 cm³/mol. The minimum absolute atomic E-state index is 0.539. The van der Waals surface area contributed by atoms with Gasteiger partial charge in [-0.1, -0.05) is 39.7 Å². The van der Waals surface area contributed by atoms with E-state index in [0.29, 0.717) is 10.8 Å². The Labute approximate surface area is 170 Å². The van der Waals surface area contributed by atoms with E-state index in [4.69, 9.17) is 20.8 Å². The molecule has 5 heteroatoms. The normalized spacial score (nSPS) is 10.8.